The molecule has 1 unspecified atom stereocenters. The smallest absolute Gasteiger partial charge is 0.228 e. The summed E-state index contributed by atoms with van der Waals surface area (Å²) in [5.41, 5.74) is 5.47. The molecule has 18 heavy (non-hydrogen) atoms. The molecule has 1 aliphatic carbocycles. The van der Waals surface area contributed by atoms with Gasteiger partial charge in [-0.15, -0.1) is 0 Å². The van der Waals surface area contributed by atoms with Crippen molar-refractivity contribution in [2.45, 2.75) is 45.1 Å². The number of hydrogen-bond acceptors (Lipinski definition) is 3. The van der Waals surface area contributed by atoms with Crippen LogP contribution in [0.15, 0.2) is 12.4 Å². The van der Waals surface area contributed by atoms with E-state index in [4.69, 9.17) is 5.73 Å². The third-order valence-corrected chi connectivity index (χ3v) is 4.00. The van der Waals surface area contributed by atoms with Gasteiger partial charge < -0.3 is 16.0 Å². The van der Waals surface area contributed by atoms with Crippen molar-refractivity contribution in [1.82, 2.24) is 15.3 Å². The van der Waals surface area contributed by atoms with Gasteiger partial charge in [0.05, 0.1) is 11.5 Å². The zero-order valence-corrected chi connectivity index (χ0v) is 10.9. The molecule has 1 heterocycles. The van der Waals surface area contributed by atoms with Crippen LogP contribution in [0.25, 0.3) is 0 Å². The molecule has 100 valence electrons. The number of rotatable bonds is 5. The summed E-state index contributed by atoms with van der Waals surface area (Å²) in [4.78, 5) is 19.7. The molecular weight excluding hydrogens is 228 g/mol. The van der Waals surface area contributed by atoms with Crippen LogP contribution in [0.1, 0.15) is 50.9 Å². The van der Waals surface area contributed by atoms with E-state index in [0.717, 1.165) is 37.9 Å². The Labute approximate surface area is 108 Å². The van der Waals surface area contributed by atoms with Crippen LogP contribution in [0.2, 0.25) is 0 Å². The van der Waals surface area contributed by atoms with Crippen molar-refractivity contribution < 1.29 is 4.79 Å². The lowest BCUT2D eigenvalue weighted by Crippen LogP contribution is -2.45. The highest BCUT2D eigenvalue weighted by molar-refractivity contribution is 5.83. The first-order chi connectivity index (χ1) is 8.72. The second-order valence-electron chi connectivity index (χ2n) is 5.10. The third-order valence-electron chi connectivity index (χ3n) is 4.00. The molecule has 4 N–H and O–H groups in total. The molecule has 1 aromatic heterocycles. The van der Waals surface area contributed by atoms with E-state index in [1.807, 2.05) is 6.92 Å². The first kappa shape index (κ1) is 13.1. The van der Waals surface area contributed by atoms with Crippen LogP contribution >= 0.6 is 0 Å². The second kappa shape index (κ2) is 5.52. The molecular formula is C13H22N4O. The van der Waals surface area contributed by atoms with Gasteiger partial charge in [0.25, 0.3) is 0 Å². The van der Waals surface area contributed by atoms with Crippen molar-refractivity contribution >= 4 is 5.91 Å². The molecule has 1 aromatic rings. The van der Waals surface area contributed by atoms with Crippen molar-refractivity contribution in [3.05, 3.63) is 18.2 Å². The standard InChI is InChI=1S/C13H22N4O/c1-2-10(11-15-7-8-16-11)17-12(18)13(9-14)5-3-4-6-13/h7-8,10H,2-6,9,14H2,1H3,(H,15,16)(H,17,18). The Morgan fingerprint density at radius 3 is 2.83 bits per heavy atom. The number of imidazole rings is 1. The highest BCUT2D eigenvalue weighted by Crippen LogP contribution is 2.37. The van der Waals surface area contributed by atoms with Gasteiger partial charge in [-0.05, 0) is 19.3 Å². The minimum Gasteiger partial charge on any atom is -0.347 e. The van der Waals surface area contributed by atoms with Gasteiger partial charge in [0, 0.05) is 18.9 Å². The molecule has 1 atom stereocenters. The fourth-order valence-corrected chi connectivity index (χ4v) is 2.72. The van der Waals surface area contributed by atoms with Crippen LogP contribution in [-0.4, -0.2) is 22.4 Å². The van der Waals surface area contributed by atoms with Crippen LogP contribution in [0.3, 0.4) is 0 Å². The van der Waals surface area contributed by atoms with Gasteiger partial charge in [-0.1, -0.05) is 19.8 Å². The third kappa shape index (κ3) is 2.41. The van der Waals surface area contributed by atoms with Crippen molar-refractivity contribution in [2.24, 2.45) is 11.1 Å². The Hall–Kier alpha value is -1.36. The van der Waals surface area contributed by atoms with E-state index in [0.29, 0.717) is 6.54 Å². The van der Waals surface area contributed by atoms with Gasteiger partial charge in [0.2, 0.25) is 5.91 Å². The quantitative estimate of drug-likeness (QED) is 0.740. The van der Waals surface area contributed by atoms with E-state index >= 15 is 0 Å². The Kier molecular flexibility index (Phi) is 4.01. The summed E-state index contributed by atoms with van der Waals surface area (Å²) in [7, 11) is 0. The van der Waals surface area contributed by atoms with E-state index in [9.17, 15) is 4.79 Å². The molecule has 0 radical (unpaired) electrons. The van der Waals surface area contributed by atoms with Crippen LogP contribution < -0.4 is 11.1 Å². The lowest BCUT2D eigenvalue weighted by atomic mass is 9.85. The predicted octanol–water partition coefficient (Wildman–Crippen LogP) is 1.50. The minimum absolute atomic E-state index is 0.0449. The maximum Gasteiger partial charge on any atom is 0.228 e. The largest absolute Gasteiger partial charge is 0.347 e. The molecule has 0 aromatic carbocycles. The van der Waals surface area contributed by atoms with Gasteiger partial charge in [-0.2, -0.15) is 0 Å². The normalized spacial score (nSPS) is 19.7. The average Bonchev–Trinajstić information content (AvgIpc) is 3.06. The van der Waals surface area contributed by atoms with Crippen molar-refractivity contribution in [2.75, 3.05) is 6.54 Å². The summed E-state index contributed by atoms with van der Waals surface area (Å²) in [6.45, 7) is 2.48. The lowest BCUT2D eigenvalue weighted by molar-refractivity contribution is -0.131. The SMILES string of the molecule is CCC(NC(=O)C1(CN)CCCC1)c1ncc[nH]1. The van der Waals surface area contributed by atoms with Crippen molar-refractivity contribution in [3.63, 3.8) is 0 Å². The number of nitrogens with zero attached hydrogens (tertiary/aromatic N) is 1. The monoisotopic (exact) mass is 250 g/mol. The van der Waals surface area contributed by atoms with Gasteiger partial charge in [0.15, 0.2) is 0 Å². The van der Waals surface area contributed by atoms with E-state index in [1.165, 1.54) is 0 Å². The summed E-state index contributed by atoms with van der Waals surface area (Å²) in [5.74, 6) is 0.904. The molecule has 0 aliphatic heterocycles. The number of carbonyl (C=O) groups is 1. The molecule has 5 nitrogen and oxygen atoms in total. The van der Waals surface area contributed by atoms with E-state index < -0.39 is 0 Å². The summed E-state index contributed by atoms with van der Waals surface area (Å²) in [6, 6.07) is -0.0449. The van der Waals surface area contributed by atoms with Gasteiger partial charge in [-0.3, -0.25) is 4.79 Å². The van der Waals surface area contributed by atoms with E-state index in [-0.39, 0.29) is 17.4 Å². The average molecular weight is 250 g/mol. The summed E-state index contributed by atoms with van der Waals surface area (Å²) < 4.78 is 0. The summed E-state index contributed by atoms with van der Waals surface area (Å²) in [6.07, 6.45) is 8.31. The number of nitrogens with one attached hydrogen (secondary N) is 2. The molecule has 1 amide bonds. The Bertz CT molecular complexity index is 382. The lowest BCUT2D eigenvalue weighted by Gasteiger charge is -2.28. The van der Waals surface area contributed by atoms with Crippen LogP contribution in [0, 0.1) is 5.41 Å². The first-order valence-electron chi connectivity index (χ1n) is 6.72. The number of aromatic nitrogens is 2. The first-order valence-corrected chi connectivity index (χ1v) is 6.72. The number of hydrogen-bond donors (Lipinski definition) is 3. The topological polar surface area (TPSA) is 83.8 Å². The number of H-pyrrole nitrogens is 1. The Balaban J connectivity index is 2.05. The molecule has 0 saturated heterocycles. The molecule has 2 rings (SSSR count). The number of carbonyl (C=O) groups excluding carboxylic acids is 1. The number of nitrogens with two attached hydrogens (primary N) is 1. The van der Waals surface area contributed by atoms with Crippen molar-refractivity contribution in [3.8, 4) is 0 Å². The maximum atomic E-state index is 12.4. The Morgan fingerprint density at radius 2 is 2.33 bits per heavy atom. The highest BCUT2D eigenvalue weighted by atomic mass is 16.2. The van der Waals surface area contributed by atoms with Crippen molar-refractivity contribution in [1.29, 1.82) is 0 Å². The fourth-order valence-electron chi connectivity index (χ4n) is 2.72. The molecule has 0 bridgehead atoms. The van der Waals surface area contributed by atoms with E-state index in [2.05, 4.69) is 15.3 Å². The van der Waals surface area contributed by atoms with Gasteiger partial charge in [-0.25, -0.2) is 4.98 Å². The maximum absolute atomic E-state index is 12.4. The van der Waals surface area contributed by atoms with Crippen LogP contribution in [0.4, 0.5) is 0 Å². The molecule has 5 heteroatoms. The molecule has 0 spiro atoms. The fraction of sp³-hybridized carbons (Fsp3) is 0.692. The zero-order valence-electron chi connectivity index (χ0n) is 10.9. The molecule has 1 saturated carbocycles. The number of aromatic amines is 1. The second-order valence-corrected chi connectivity index (χ2v) is 5.10. The zero-order chi connectivity index (χ0) is 13.0. The van der Waals surface area contributed by atoms with Gasteiger partial charge >= 0.3 is 0 Å². The predicted molar refractivity (Wildman–Crippen MR) is 69.7 cm³/mol. The summed E-state index contributed by atoms with van der Waals surface area (Å²) >= 11 is 0. The van der Waals surface area contributed by atoms with Gasteiger partial charge in [0.1, 0.15) is 5.82 Å². The van der Waals surface area contributed by atoms with E-state index in [1.54, 1.807) is 12.4 Å². The minimum atomic E-state index is -0.347. The molecule has 1 fully saturated rings. The summed E-state index contributed by atoms with van der Waals surface area (Å²) in [5, 5.41) is 3.09. The molecule has 1 aliphatic rings. The Morgan fingerprint density at radius 1 is 1.61 bits per heavy atom. The van der Waals surface area contributed by atoms with Crippen LogP contribution in [0.5, 0.6) is 0 Å². The highest BCUT2D eigenvalue weighted by Gasteiger charge is 2.40. The number of amides is 1. The van der Waals surface area contributed by atoms with Crippen LogP contribution in [-0.2, 0) is 4.79 Å².